The molecule has 36 heavy (non-hydrogen) atoms. The summed E-state index contributed by atoms with van der Waals surface area (Å²) in [5.74, 6) is 1.94. The van der Waals surface area contributed by atoms with Gasteiger partial charge in [0.2, 0.25) is 10.0 Å². The molecule has 1 aliphatic heterocycles. The number of ether oxygens (including phenoxy) is 3. The number of sulfonamides is 1. The van der Waals surface area contributed by atoms with Crippen LogP contribution >= 0.6 is 0 Å². The van der Waals surface area contributed by atoms with Crippen LogP contribution in [-0.4, -0.2) is 63.1 Å². The second-order valence-corrected chi connectivity index (χ2v) is 11.5. The van der Waals surface area contributed by atoms with Gasteiger partial charge < -0.3 is 24.6 Å². The Morgan fingerprint density at radius 3 is 2.75 bits per heavy atom. The number of aliphatic hydroxyl groups is 1. The molecule has 3 aromatic rings. The minimum absolute atomic E-state index is 0.109. The molecular weight excluding hydrogens is 482 g/mol. The summed E-state index contributed by atoms with van der Waals surface area (Å²) in [6.07, 6.45) is 0.801. The monoisotopic (exact) mass is 515 g/mol. The predicted octanol–water partition coefficient (Wildman–Crippen LogP) is 3.11. The molecule has 2 heterocycles. The minimum Gasteiger partial charge on any atom is -0.488 e. The molecule has 2 aromatic carbocycles. The normalized spacial score (nSPS) is 16.2. The Bertz CT molecular complexity index is 1340. The van der Waals surface area contributed by atoms with Gasteiger partial charge in [-0.1, -0.05) is 12.1 Å². The molecule has 0 spiro atoms. The average molecular weight is 516 g/mol. The lowest BCUT2D eigenvalue weighted by Gasteiger charge is -2.26. The lowest BCUT2D eigenvalue weighted by molar-refractivity contribution is -0.0270. The number of anilines is 1. The van der Waals surface area contributed by atoms with E-state index in [0.29, 0.717) is 29.0 Å². The molecule has 10 heteroatoms. The van der Waals surface area contributed by atoms with Crippen LogP contribution in [0.5, 0.6) is 11.5 Å². The van der Waals surface area contributed by atoms with E-state index >= 15 is 0 Å². The fourth-order valence-electron chi connectivity index (χ4n) is 3.96. The maximum absolute atomic E-state index is 12.8. The molecule has 0 aliphatic carbocycles. The van der Waals surface area contributed by atoms with E-state index in [0.717, 1.165) is 17.7 Å². The number of rotatable bonds is 11. The van der Waals surface area contributed by atoms with Crippen LogP contribution in [0.15, 0.2) is 53.4 Å². The number of para-hydroxylation sites is 1. The fourth-order valence-corrected chi connectivity index (χ4v) is 5.01. The summed E-state index contributed by atoms with van der Waals surface area (Å²) in [6.45, 7) is 6.34. The van der Waals surface area contributed by atoms with Crippen LogP contribution in [0.3, 0.4) is 0 Å². The van der Waals surface area contributed by atoms with Crippen molar-refractivity contribution in [2.45, 2.75) is 43.3 Å². The van der Waals surface area contributed by atoms with Gasteiger partial charge in [-0.15, -0.1) is 0 Å². The second-order valence-electron chi connectivity index (χ2n) is 9.75. The van der Waals surface area contributed by atoms with Gasteiger partial charge in [-0.3, -0.25) is 0 Å². The Hall–Kier alpha value is -2.92. The third-order valence-corrected chi connectivity index (χ3v) is 7.61. The standard InChI is InChI=1S/C26H33N3O6S/c1-25(2)15-19-6-5-7-22(24(19)35-25)34-13-12-28-36(31,32)20-9-10-21-18(14-20)8-11-23(29-21)27-16-26(3,17-30)33-4/h5-11,14,28,30H,12-13,15-17H2,1-4H3,(H,27,29). The second kappa shape index (κ2) is 10.2. The van der Waals surface area contributed by atoms with Crippen molar-refractivity contribution >= 4 is 26.7 Å². The molecule has 9 nitrogen and oxygen atoms in total. The van der Waals surface area contributed by atoms with Gasteiger partial charge >= 0.3 is 0 Å². The topological polar surface area (TPSA) is 119 Å². The first-order valence-electron chi connectivity index (χ1n) is 11.8. The molecule has 0 saturated heterocycles. The van der Waals surface area contributed by atoms with E-state index in [2.05, 4.69) is 15.0 Å². The Kier molecular flexibility index (Phi) is 7.42. The molecule has 0 saturated carbocycles. The number of benzene rings is 2. The van der Waals surface area contributed by atoms with Crippen LogP contribution < -0.4 is 19.5 Å². The van der Waals surface area contributed by atoms with Crippen molar-refractivity contribution in [3.05, 3.63) is 54.1 Å². The molecule has 0 bridgehead atoms. The van der Waals surface area contributed by atoms with Crippen molar-refractivity contribution in [1.29, 1.82) is 0 Å². The maximum atomic E-state index is 12.8. The highest BCUT2D eigenvalue weighted by atomic mass is 32.2. The summed E-state index contributed by atoms with van der Waals surface area (Å²) in [4.78, 5) is 4.67. The van der Waals surface area contributed by atoms with E-state index in [1.165, 1.54) is 13.2 Å². The third kappa shape index (κ3) is 5.89. The van der Waals surface area contributed by atoms with Gasteiger partial charge in [-0.2, -0.15) is 0 Å². The van der Waals surface area contributed by atoms with Crippen LogP contribution in [-0.2, 0) is 21.2 Å². The summed E-state index contributed by atoms with van der Waals surface area (Å²) in [7, 11) is -2.19. The van der Waals surface area contributed by atoms with Crippen LogP contribution in [0.4, 0.5) is 5.82 Å². The first-order chi connectivity index (χ1) is 17.0. The zero-order valence-electron chi connectivity index (χ0n) is 21.0. The Morgan fingerprint density at radius 1 is 1.19 bits per heavy atom. The smallest absolute Gasteiger partial charge is 0.240 e. The molecular formula is C26H33N3O6S. The number of nitrogens with one attached hydrogen (secondary N) is 2. The van der Waals surface area contributed by atoms with Crippen molar-refractivity contribution in [2.24, 2.45) is 0 Å². The third-order valence-electron chi connectivity index (χ3n) is 6.15. The molecule has 1 aromatic heterocycles. The largest absolute Gasteiger partial charge is 0.488 e. The lowest BCUT2D eigenvalue weighted by atomic mass is 10.0. The van der Waals surface area contributed by atoms with Gasteiger partial charge in [0, 0.05) is 37.6 Å². The molecule has 1 atom stereocenters. The molecule has 4 rings (SSSR count). The predicted molar refractivity (Wildman–Crippen MR) is 138 cm³/mol. The molecule has 0 fully saturated rings. The van der Waals surface area contributed by atoms with E-state index in [1.807, 2.05) is 32.0 Å². The van der Waals surface area contributed by atoms with Gasteiger partial charge in [0.1, 0.15) is 23.6 Å². The molecule has 1 unspecified atom stereocenters. The van der Waals surface area contributed by atoms with Crippen molar-refractivity contribution in [2.75, 3.05) is 38.7 Å². The zero-order valence-corrected chi connectivity index (χ0v) is 21.8. The van der Waals surface area contributed by atoms with E-state index in [4.69, 9.17) is 14.2 Å². The highest BCUT2D eigenvalue weighted by molar-refractivity contribution is 7.89. The van der Waals surface area contributed by atoms with Gasteiger partial charge in [0.25, 0.3) is 0 Å². The highest BCUT2D eigenvalue weighted by Crippen LogP contribution is 2.41. The van der Waals surface area contributed by atoms with Crippen LogP contribution in [0, 0.1) is 0 Å². The Morgan fingerprint density at radius 2 is 2.00 bits per heavy atom. The number of hydrogen-bond donors (Lipinski definition) is 3. The van der Waals surface area contributed by atoms with E-state index < -0.39 is 15.6 Å². The molecule has 3 N–H and O–H groups in total. The Labute approximate surface area is 211 Å². The summed E-state index contributed by atoms with van der Waals surface area (Å²) < 4.78 is 45.4. The number of pyridine rings is 1. The summed E-state index contributed by atoms with van der Waals surface area (Å²) in [5.41, 5.74) is 0.719. The number of nitrogens with zero attached hydrogens (tertiary/aromatic N) is 1. The van der Waals surface area contributed by atoms with Crippen molar-refractivity contribution < 1.29 is 27.7 Å². The lowest BCUT2D eigenvalue weighted by Crippen LogP contribution is -2.39. The first kappa shape index (κ1) is 26.2. The van der Waals surface area contributed by atoms with Gasteiger partial charge in [0.15, 0.2) is 11.5 Å². The molecule has 1 aliphatic rings. The number of fused-ring (bicyclic) bond motifs is 2. The average Bonchev–Trinajstić information content (AvgIpc) is 3.19. The summed E-state index contributed by atoms with van der Waals surface area (Å²) >= 11 is 0. The van der Waals surface area contributed by atoms with Crippen molar-refractivity contribution in [3.8, 4) is 11.5 Å². The van der Waals surface area contributed by atoms with Crippen molar-refractivity contribution in [3.63, 3.8) is 0 Å². The molecule has 194 valence electrons. The molecule has 0 amide bonds. The van der Waals surface area contributed by atoms with E-state index in [-0.39, 0.29) is 30.3 Å². The van der Waals surface area contributed by atoms with Crippen LogP contribution in [0.2, 0.25) is 0 Å². The quantitative estimate of drug-likeness (QED) is 0.333. The SMILES string of the molecule is COC(C)(CO)CNc1ccc2cc(S(=O)(=O)NCCOc3cccc4c3OC(C)(C)C4)ccc2n1. The van der Waals surface area contributed by atoms with Crippen LogP contribution in [0.25, 0.3) is 10.9 Å². The van der Waals surface area contributed by atoms with Crippen LogP contribution in [0.1, 0.15) is 26.3 Å². The first-order valence-corrected chi connectivity index (χ1v) is 13.3. The highest BCUT2D eigenvalue weighted by Gasteiger charge is 2.32. The van der Waals surface area contributed by atoms with Gasteiger partial charge in [-0.05, 0) is 57.2 Å². The number of aromatic nitrogens is 1. The fraction of sp³-hybridized carbons (Fsp3) is 0.423. The maximum Gasteiger partial charge on any atom is 0.240 e. The van der Waals surface area contributed by atoms with Gasteiger partial charge in [0.05, 0.1) is 17.0 Å². The number of hydrogen-bond acceptors (Lipinski definition) is 8. The van der Waals surface area contributed by atoms with Gasteiger partial charge in [-0.25, -0.2) is 18.1 Å². The van der Waals surface area contributed by atoms with Crippen molar-refractivity contribution in [1.82, 2.24) is 9.71 Å². The Balaban J connectivity index is 1.36. The van der Waals surface area contributed by atoms with E-state index in [9.17, 15) is 13.5 Å². The summed E-state index contributed by atoms with van der Waals surface area (Å²) in [6, 6.07) is 14.1. The zero-order chi connectivity index (χ0) is 26.0. The number of aliphatic hydroxyl groups excluding tert-OH is 1. The minimum atomic E-state index is -3.73. The molecule has 0 radical (unpaired) electrons. The number of methoxy groups -OCH3 is 1. The van der Waals surface area contributed by atoms with E-state index in [1.54, 1.807) is 31.2 Å². The summed E-state index contributed by atoms with van der Waals surface area (Å²) in [5, 5.41) is 13.3.